The van der Waals surface area contributed by atoms with Crippen LogP contribution in [0.1, 0.15) is 173 Å². The van der Waals surface area contributed by atoms with E-state index in [-0.39, 0.29) is 8.80 Å². The summed E-state index contributed by atoms with van der Waals surface area (Å²) in [5.74, 6) is 2.93. The van der Waals surface area contributed by atoms with Gasteiger partial charge in [-0.3, -0.25) is 0 Å². The summed E-state index contributed by atoms with van der Waals surface area (Å²) >= 11 is 2.36. The van der Waals surface area contributed by atoms with Crippen LogP contribution in [0.2, 0.25) is 18.1 Å². The van der Waals surface area contributed by atoms with Gasteiger partial charge in [-0.25, -0.2) is 0 Å². The van der Waals surface area contributed by atoms with E-state index in [1.165, 1.54) is 60.0 Å². The summed E-state index contributed by atoms with van der Waals surface area (Å²) < 4.78 is 1.41. The van der Waals surface area contributed by atoms with E-state index in [0.717, 1.165) is 0 Å². The fourth-order valence-corrected chi connectivity index (χ4v) is 6.38. The molecule has 0 amide bonds. The zero-order valence-corrected chi connectivity index (χ0v) is 34.6. The molecular formula is C42H64GeSi. The van der Waals surface area contributed by atoms with Gasteiger partial charge in [-0.15, -0.1) is 0 Å². The summed E-state index contributed by atoms with van der Waals surface area (Å²) in [6, 6.07) is 17.0. The van der Waals surface area contributed by atoms with Crippen LogP contribution >= 0.6 is 0 Å². The summed E-state index contributed by atoms with van der Waals surface area (Å²) in [4.78, 5) is 0. The largest absolute Gasteiger partial charge is 0.0709 e. The van der Waals surface area contributed by atoms with Crippen molar-refractivity contribution in [2.45, 2.75) is 157 Å². The zero-order chi connectivity index (χ0) is 33.8. The molecule has 0 unspecified atom stereocenters. The molecule has 240 valence electrons. The first kappa shape index (κ1) is 38.6. The minimum atomic E-state index is -0.0502. The Hall–Kier alpha value is -1.58. The molecule has 44 heavy (non-hydrogen) atoms. The van der Waals surface area contributed by atoms with E-state index in [1.54, 1.807) is 0 Å². The molecule has 0 atom stereocenters. The van der Waals surface area contributed by atoms with Crippen molar-refractivity contribution >= 4 is 29.7 Å². The summed E-state index contributed by atoms with van der Waals surface area (Å²) in [7, 11) is -0.0502. The molecule has 0 fully saturated rings. The third kappa shape index (κ3) is 9.25. The van der Waals surface area contributed by atoms with E-state index in [0.29, 0.717) is 40.5 Å². The van der Waals surface area contributed by atoms with Crippen LogP contribution in [0, 0.1) is 0 Å². The molecule has 0 spiro atoms. The molecule has 3 aromatic rings. The fourth-order valence-electron chi connectivity index (χ4n) is 5.50. The maximum atomic E-state index is 2.49. The van der Waals surface area contributed by atoms with Crippen LogP contribution in [0.15, 0.2) is 42.5 Å². The first-order valence-corrected chi connectivity index (χ1v) is 20.8. The first-order valence-electron chi connectivity index (χ1n) is 17.2. The van der Waals surface area contributed by atoms with Crippen LogP contribution < -0.4 is 4.40 Å². The van der Waals surface area contributed by atoms with Crippen molar-refractivity contribution in [3.8, 4) is 22.3 Å². The Morgan fingerprint density at radius 1 is 0.500 bits per heavy atom. The Bertz CT molecular complexity index is 1230. The second-order valence-electron chi connectivity index (χ2n) is 16.1. The van der Waals surface area contributed by atoms with Gasteiger partial charge in [0.05, 0.1) is 0 Å². The number of benzene rings is 3. The Morgan fingerprint density at radius 2 is 0.750 bits per heavy atom. The van der Waals surface area contributed by atoms with Crippen molar-refractivity contribution in [1.29, 1.82) is 0 Å². The van der Waals surface area contributed by atoms with E-state index in [9.17, 15) is 0 Å². The standard InChI is InChI=1S/C36H49Ge.C6H15Si/c1-20(2)26-16-30(22(5)6)34(31(17-26)23(7)8)28-14-13-15-29(36(28)37)35-32(24(9)10)18-27(21(3)4)19-33(35)25(11)12;1-6(2,3)7(4)5/h13-25H,1-12H3;1-5H3. The Labute approximate surface area is 284 Å². The first-order chi connectivity index (χ1) is 20.2. The maximum absolute atomic E-state index is 2.49. The second-order valence-corrected chi connectivity index (χ2v) is 20.6. The van der Waals surface area contributed by atoms with Gasteiger partial charge in [-0.2, -0.15) is 0 Å². The molecule has 0 bridgehead atoms. The van der Waals surface area contributed by atoms with Crippen molar-refractivity contribution in [2.24, 2.45) is 0 Å². The van der Waals surface area contributed by atoms with Crippen LogP contribution in [0.4, 0.5) is 0 Å². The molecule has 0 heterocycles. The van der Waals surface area contributed by atoms with Gasteiger partial charge in [-0.1, -0.05) is 33.9 Å². The molecule has 0 saturated carbocycles. The van der Waals surface area contributed by atoms with E-state index < -0.39 is 0 Å². The van der Waals surface area contributed by atoms with Gasteiger partial charge in [0.2, 0.25) is 0 Å². The molecule has 0 aromatic heterocycles. The normalized spacial score (nSPS) is 12.4. The summed E-state index contributed by atoms with van der Waals surface area (Å²) in [5.41, 5.74) is 14.6. The van der Waals surface area contributed by atoms with E-state index in [2.05, 4.69) is 176 Å². The predicted molar refractivity (Wildman–Crippen MR) is 204 cm³/mol. The average molecular weight is 670 g/mol. The Morgan fingerprint density at radius 3 is 0.932 bits per heavy atom. The predicted octanol–water partition coefficient (Wildman–Crippen LogP) is 13.1. The third-order valence-corrected chi connectivity index (χ3v) is 13.5. The van der Waals surface area contributed by atoms with Gasteiger partial charge in [0, 0.05) is 8.80 Å². The van der Waals surface area contributed by atoms with Crippen molar-refractivity contribution in [2.75, 3.05) is 0 Å². The minimum absolute atomic E-state index is 0.0502. The molecule has 0 aliphatic carbocycles. The molecule has 3 aromatic carbocycles. The van der Waals surface area contributed by atoms with Crippen LogP contribution in [0.25, 0.3) is 22.3 Å². The molecule has 2 heteroatoms. The molecule has 0 nitrogen and oxygen atoms in total. The van der Waals surface area contributed by atoms with Crippen molar-refractivity contribution in [1.82, 2.24) is 0 Å². The monoisotopic (exact) mass is 670 g/mol. The number of rotatable bonds is 8. The summed E-state index contributed by atoms with van der Waals surface area (Å²) in [5, 5.41) is 0.602. The van der Waals surface area contributed by atoms with Crippen LogP contribution in [-0.4, -0.2) is 25.3 Å². The molecule has 0 aliphatic rings. The van der Waals surface area contributed by atoms with Crippen molar-refractivity contribution in [3.63, 3.8) is 0 Å². The molecule has 0 saturated heterocycles. The minimum Gasteiger partial charge on any atom is -0.0709 e. The van der Waals surface area contributed by atoms with E-state index >= 15 is 0 Å². The average Bonchev–Trinajstić information content (AvgIpc) is 2.91. The molecule has 0 aliphatic heterocycles. The van der Waals surface area contributed by atoms with Gasteiger partial charge in [0.1, 0.15) is 0 Å². The molecular weight excluding hydrogens is 605 g/mol. The van der Waals surface area contributed by atoms with Crippen LogP contribution in [0.3, 0.4) is 0 Å². The van der Waals surface area contributed by atoms with Gasteiger partial charge < -0.3 is 0 Å². The van der Waals surface area contributed by atoms with Gasteiger partial charge in [-0.05, 0) is 5.04 Å². The second kappa shape index (κ2) is 15.8. The smallest absolute Gasteiger partial charge is 0.0470 e. The van der Waals surface area contributed by atoms with Gasteiger partial charge in [0.15, 0.2) is 0 Å². The third-order valence-electron chi connectivity index (χ3n) is 9.37. The Kier molecular flexibility index (Phi) is 13.9. The van der Waals surface area contributed by atoms with Crippen LogP contribution in [-0.2, 0) is 0 Å². The number of hydrogen-bond donors (Lipinski definition) is 0. The van der Waals surface area contributed by atoms with Gasteiger partial charge in [0.25, 0.3) is 0 Å². The summed E-state index contributed by atoms with van der Waals surface area (Å²) in [6.07, 6.45) is 0. The molecule has 3 rings (SSSR count). The van der Waals surface area contributed by atoms with E-state index in [4.69, 9.17) is 0 Å². The van der Waals surface area contributed by atoms with Crippen molar-refractivity contribution in [3.05, 3.63) is 75.8 Å². The van der Waals surface area contributed by atoms with Gasteiger partial charge >= 0.3 is 238 Å². The zero-order valence-electron chi connectivity index (χ0n) is 31.5. The molecule has 0 N–H and O–H groups in total. The quantitative estimate of drug-likeness (QED) is 0.210. The fraction of sp³-hybridized carbons (Fsp3) is 0.571. The molecule has 4 radical (unpaired) electrons. The van der Waals surface area contributed by atoms with Crippen LogP contribution in [0.5, 0.6) is 0 Å². The van der Waals surface area contributed by atoms with Crippen molar-refractivity contribution < 1.29 is 0 Å². The topological polar surface area (TPSA) is 0 Å². The maximum Gasteiger partial charge on any atom is 0.0470 e. The number of hydrogen-bond acceptors (Lipinski definition) is 0. The Balaban J connectivity index is 0.000000860. The summed E-state index contributed by atoms with van der Waals surface area (Å²) in [6.45, 7) is 39.7. The SMILES string of the molecule is CC(C)c1cc(C(C)C)c(-c2cccc(-c3c(C(C)C)cc(C(C)C)cc3C(C)C)[c]2[Ge])c(C(C)C)c1.C[Si](C)C(C)(C)C. The van der Waals surface area contributed by atoms with E-state index in [1.807, 2.05) is 0 Å².